The number of pyridine rings is 1. The number of carbonyl (C=O) groups is 1. The van der Waals surface area contributed by atoms with Gasteiger partial charge in [-0.1, -0.05) is 13.5 Å². The summed E-state index contributed by atoms with van der Waals surface area (Å²) in [4.78, 5) is 20.6. The first-order valence-electron chi connectivity index (χ1n) is 12.3. The molecule has 2 N–H and O–H groups in total. The third-order valence-electron chi connectivity index (χ3n) is 7.02. The molecule has 0 aliphatic carbocycles. The highest BCUT2D eigenvalue weighted by Crippen LogP contribution is 2.34. The minimum absolute atomic E-state index is 0.190. The summed E-state index contributed by atoms with van der Waals surface area (Å²) in [6, 6.07) is 7.32. The Morgan fingerprint density at radius 2 is 2.15 bits per heavy atom. The molecule has 1 aromatic carbocycles. The number of fused-ring (bicyclic) bond motifs is 1. The van der Waals surface area contributed by atoms with E-state index in [9.17, 15) is 10.1 Å². The molecule has 0 radical (unpaired) electrons. The number of allylic oxidation sites excluding steroid dienone is 1. The highest BCUT2D eigenvalue weighted by Gasteiger charge is 2.32. The van der Waals surface area contributed by atoms with Crippen molar-refractivity contribution in [3.63, 3.8) is 0 Å². The number of anilines is 1. The first kappa shape index (κ1) is 24.2. The van der Waals surface area contributed by atoms with E-state index >= 15 is 0 Å². The van der Waals surface area contributed by atoms with Crippen molar-refractivity contribution in [2.75, 3.05) is 24.7 Å². The average Bonchev–Trinajstić information content (AvgIpc) is 3.31. The maximum absolute atomic E-state index is 13.4. The zero-order chi connectivity index (χ0) is 24.4. The van der Waals surface area contributed by atoms with Gasteiger partial charge in [0.1, 0.15) is 11.9 Å². The number of nitrogens with one attached hydrogen (secondary N) is 2. The minimum Gasteiger partial charge on any atom is -0.380 e. The van der Waals surface area contributed by atoms with Gasteiger partial charge in [-0.15, -0.1) is 0 Å². The highest BCUT2D eigenvalue weighted by molar-refractivity contribution is 6.06. The third kappa shape index (κ3) is 4.79. The lowest BCUT2D eigenvalue weighted by Crippen LogP contribution is -2.51. The van der Waals surface area contributed by atoms with Crippen LogP contribution in [0.15, 0.2) is 24.4 Å². The van der Waals surface area contributed by atoms with E-state index in [-0.39, 0.29) is 11.9 Å². The average molecular weight is 462 g/mol. The second-order valence-corrected chi connectivity index (χ2v) is 9.67. The summed E-state index contributed by atoms with van der Waals surface area (Å²) < 4.78 is 5.52. The maximum atomic E-state index is 13.4. The summed E-state index contributed by atoms with van der Waals surface area (Å²) >= 11 is 0. The fourth-order valence-electron chi connectivity index (χ4n) is 5.23. The van der Waals surface area contributed by atoms with Crippen LogP contribution in [-0.4, -0.2) is 48.8 Å². The monoisotopic (exact) mass is 461 g/mol. The Labute approximate surface area is 202 Å². The van der Waals surface area contributed by atoms with Gasteiger partial charge in [-0.2, -0.15) is 5.26 Å². The second kappa shape index (κ2) is 10.1. The summed E-state index contributed by atoms with van der Waals surface area (Å²) in [5.41, 5.74) is 4.27. The van der Waals surface area contributed by atoms with Gasteiger partial charge in [0.15, 0.2) is 0 Å². The number of amides is 1. The molecule has 2 aromatic rings. The van der Waals surface area contributed by atoms with E-state index in [0.29, 0.717) is 40.2 Å². The number of aryl methyl sites for hydroxylation is 2. The SMILES string of the molecule is C=C(C)NC(=O)c1c(N2CCC(NC3CCOC3)CC2C)nc2c(C#N)cc(CC)cc2c1C. The largest absolute Gasteiger partial charge is 0.380 e. The van der Waals surface area contributed by atoms with Crippen LogP contribution in [0.5, 0.6) is 0 Å². The fourth-order valence-corrected chi connectivity index (χ4v) is 5.23. The molecule has 2 fully saturated rings. The molecule has 3 heterocycles. The number of rotatable bonds is 6. The van der Waals surface area contributed by atoms with Gasteiger partial charge in [0, 0.05) is 42.4 Å². The van der Waals surface area contributed by atoms with Crippen molar-refractivity contribution in [1.82, 2.24) is 15.6 Å². The number of hydrogen-bond donors (Lipinski definition) is 2. The molecule has 3 unspecified atom stereocenters. The number of carbonyl (C=O) groups excluding carboxylic acids is 1. The smallest absolute Gasteiger partial charge is 0.259 e. The zero-order valence-electron chi connectivity index (χ0n) is 20.7. The molecular weight excluding hydrogens is 426 g/mol. The van der Waals surface area contributed by atoms with Crippen molar-refractivity contribution < 1.29 is 9.53 Å². The van der Waals surface area contributed by atoms with E-state index in [4.69, 9.17) is 9.72 Å². The van der Waals surface area contributed by atoms with Gasteiger partial charge in [-0.25, -0.2) is 4.98 Å². The molecule has 2 aliphatic heterocycles. The highest BCUT2D eigenvalue weighted by atomic mass is 16.5. The zero-order valence-corrected chi connectivity index (χ0v) is 20.7. The molecule has 2 saturated heterocycles. The lowest BCUT2D eigenvalue weighted by molar-refractivity contribution is 0.0965. The van der Waals surface area contributed by atoms with Crippen LogP contribution >= 0.6 is 0 Å². The number of ether oxygens (including phenoxy) is 1. The lowest BCUT2D eigenvalue weighted by atomic mass is 9.94. The van der Waals surface area contributed by atoms with Crippen molar-refractivity contribution in [2.45, 2.75) is 71.5 Å². The molecule has 7 nitrogen and oxygen atoms in total. The molecule has 3 atom stereocenters. The first-order valence-corrected chi connectivity index (χ1v) is 12.3. The number of nitrogens with zero attached hydrogens (tertiary/aromatic N) is 3. The maximum Gasteiger partial charge on any atom is 0.259 e. The number of piperidine rings is 1. The normalized spacial score (nSPS) is 22.6. The topological polar surface area (TPSA) is 90.3 Å². The Balaban J connectivity index is 1.76. The molecule has 1 aromatic heterocycles. The fraction of sp³-hybridized carbons (Fsp3) is 0.519. The van der Waals surface area contributed by atoms with Gasteiger partial charge >= 0.3 is 0 Å². The van der Waals surface area contributed by atoms with Crippen molar-refractivity contribution in [2.24, 2.45) is 0 Å². The lowest BCUT2D eigenvalue weighted by Gasteiger charge is -2.40. The van der Waals surface area contributed by atoms with E-state index < -0.39 is 0 Å². The molecule has 7 heteroatoms. The number of nitriles is 1. The van der Waals surface area contributed by atoms with Crippen LogP contribution in [-0.2, 0) is 11.2 Å². The van der Waals surface area contributed by atoms with Gasteiger partial charge in [-0.3, -0.25) is 4.79 Å². The van der Waals surface area contributed by atoms with E-state index in [1.54, 1.807) is 6.92 Å². The van der Waals surface area contributed by atoms with Crippen LogP contribution in [0.1, 0.15) is 67.1 Å². The van der Waals surface area contributed by atoms with Crippen LogP contribution < -0.4 is 15.5 Å². The van der Waals surface area contributed by atoms with Crippen LogP contribution in [0.25, 0.3) is 10.9 Å². The van der Waals surface area contributed by atoms with Gasteiger partial charge in [0.25, 0.3) is 5.91 Å². The molecule has 0 bridgehead atoms. The van der Waals surface area contributed by atoms with Gasteiger partial charge in [0.2, 0.25) is 0 Å². The summed E-state index contributed by atoms with van der Waals surface area (Å²) in [6.07, 6.45) is 3.78. The van der Waals surface area contributed by atoms with Crippen molar-refractivity contribution in [1.29, 1.82) is 5.26 Å². The number of aromatic nitrogens is 1. The van der Waals surface area contributed by atoms with Gasteiger partial charge < -0.3 is 20.3 Å². The van der Waals surface area contributed by atoms with Crippen molar-refractivity contribution >= 4 is 22.6 Å². The molecule has 1 amide bonds. The summed E-state index contributed by atoms with van der Waals surface area (Å²) in [5, 5.41) is 17.3. The Hall–Kier alpha value is -2.95. The van der Waals surface area contributed by atoms with Crippen molar-refractivity contribution in [3.05, 3.63) is 46.7 Å². The van der Waals surface area contributed by atoms with Crippen LogP contribution in [0.3, 0.4) is 0 Å². The minimum atomic E-state index is -0.203. The first-order chi connectivity index (χ1) is 16.3. The molecular formula is C27H35N5O2. The predicted molar refractivity (Wildman–Crippen MR) is 135 cm³/mol. The Bertz CT molecular complexity index is 1150. The summed E-state index contributed by atoms with van der Waals surface area (Å²) in [7, 11) is 0. The molecule has 2 aliphatic rings. The Kier molecular flexibility index (Phi) is 7.20. The van der Waals surface area contributed by atoms with Crippen LogP contribution in [0.4, 0.5) is 5.82 Å². The van der Waals surface area contributed by atoms with Gasteiger partial charge in [-0.05, 0) is 69.7 Å². The van der Waals surface area contributed by atoms with Crippen LogP contribution in [0, 0.1) is 18.3 Å². The quantitative estimate of drug-likeness (QED) is 0.676. The molecule has 4 rings (SSSR count). The van der Waals surface area contributed by atoms with E-state index in [1.165, 1.54) is 0 Å². The molecule has 0 saturated carbocycles. The van der Waals surface area contributed by atoms with Crippen molar-refractivity contribution in [3.8, 4) is 6.07 Å². The molecule has 180 valence electrons. The summed E-state index contributed by atoms with van der Waals surface area (Å²) in [6.45, 7) is 14.2. The molecule has 0 spiro atoms. The number of benzene rings is 1. The Morgan fingerprint density at radius 3 is 2.76 bits per heavy atom. The molecule has 34 heavy (non-hydrogen) atoms. The number of hydrogen-bond acceptors (Lipinski definition) is 6. The van der Waals surface area contributed by atoms with E-state index in [2.05, 4.69) is 48.1 Å². The Morgan fingerprint density at radius 1 is 1.35 bits per heavy atom. The predicted octanol–water partition coefficient (Wildman–Crippen LogP) is 3.98. The van der Waals surface area contributed by atoms with E-state index in [0.717, 1.165) is 62.0 Å². The van der Waals surface area contributed by atoms with Crippen LogP contribution in [0.2, 0.25) is 0 Å². The third-order valence-corrected chi connectivity index (χ3v) is 7.02. The standard InChI is InChI=1S/C27H35N5O2/c1-6-19-12-20(14-28)25-23(13-19)18(5)24(27(33)29-16(2)3)26(31-25)32-9-7-21(11-17(32)4)30-22-8-10-34-15-22/h12-13,17,21-22,30H,2,6-11,15H2,1,3-5H3,(H,29,33). The van der Waals surface area contributed by atoms with E-state index in [1.807, 2.05) is 13.0 Å². The second-order valence-electron chi connectivity index (χ2n) is 9.67. The van der Waals surface area contributed by atoms with Gasteiger partial charge in [0.05, 0.1) is 23.3 Å². The summed E-state index contributed by atoms with van der Waals surface area (Å²) in [5.74, 6) is 0.449.